The average molecular weight is 285 g/mol. The van der Waals surface area contributed by atoms with Gasteiger partial charge in [-0.05, 0) is 31.4 Å². The molecule has 1 aromatic carbocycles. The molecule has 0 aromatic heterocycles. The Labute approximate surface area is 127 Å². The number of hydrogen-bond donors (Lipinski definition) is 0. The first-order valence-corrected chi connectivity index (χ1v) is 7.59. The molecule has 21 heavy (non-hydrogen) atoms. The highest BCUT2D eigenvalue weighted by Crippen LogP contribution is 2.30. The Balaban J connectivity index is 1.97. The molecule has 2 rings (SSSR count). The van der Waals surface area contributed by atoms with E-state index in [0.29, 0.717) is 25.4 Å². The summed E-state index contributed by atoms with van der Waals surface area (Å²) in [5.41, 5.74) is 2.64. The maximum Gasteiger partial charge on any atom is 0.224 e. The van der Waals surface area contributed by atoms with Gasteiger partial charge in [0.05, 0.1) is 12.5 Å². The smallest absolute Gasteiger partial charge is 0.224 e. The summed E-state index contributed by atoms with van der Waals surface area (Å²) in [6, 6.07) is 11.0. The van der Waals surface area contributed by atoms with Crippen LogP contribution in [0.3, 0.4) is 0 Å². The normalized spacial score (nSPS) is 17.0. The molecule has 0 saturated heterocycles. The van der Waals surface area contributed by atoms with Crippen LogP contribution in [0.4, 0.5) is 5.69 Å². The lowest BCUT2D eigenvalue weighted by Crippen LogP contribution is -2.40. The summed E-state index contributed by atoms with van der Waals surface area (Å²) in [6.45, 7) is 3.48. The van der Waals surface area contributed by atoms with Crippen LogP contribution in [0.5, 0.6) is 0 Å². The van der Waals surface area contributed by atoms with E-state index in [2.05, 4.69) is 42.2 Å². The van der Waals surface area contributed by atoms with Crippen molar-refractivity contribution in [3.05, 3.63) is 29.8 Å². The fourth-order valence-electron chi connectivity index (χ4n) is 2.85. The molecule has 4 nitrogen and oxygen atoms in total. The van der Waals surface area contributed by atoms with Crippen molar-refractivity contribution in [2.75, 3.05) is 25.0 Å². The van der Waals surface area contributed by atoms with Crippen molar-refractivity contribution in [1.29, 1.82) is 5.26 Å². The van der Waals surface area contributed by atoms with E-state index >= 15 is 0 Å². The number of nitrogens with zero attached hydrogens (tertiary/aromatic N) is 3. The number of carbonyl (C=O) groups excluding carboxylic acids is 1. The van der Waals surface area contributed by atoms with E-state index in [0.717, 1.165) is 19.4 Å². The van der Waals surface area contributed by atoms with Gasteiger partial charge in [0, 0.05) is 38.3 Å². The number of anilines is 1. The summed E-state index contributed by atoms with van der Waals surface area (Å²) in [5.74, 6) is 0.112. The number of hydrogen-bond acceptors (Lipinski definition) is 3. The molecule has 0 fully saturated rings. The molecule has 1 aliphatic rings. The van der Waals surface area contributed by atoms with Gasteiger partial charge >= 0.3 is 0 Å². The Morgan fingerprint density at radius 2 is 2.24 bits per heavy atom. The predicted octanol–water partition coefficient (Wildman–Crippen LogP) is 2.59. The first-order chi connectivity index (χ1) is 10.1. The molecule has 0 spiro atoms. The second-order valence-corrected chi connectivity index (χ2v) is 5.68. The second kappa shape index (κ2) is 7.12. The zero-order valence-electron chi connectivity index (χ0n) is 12.9. The van der Waals surface area contributed by atoms with E-state index in [-0.39, 0.29) is 5.91 Å². The lowest BCUT2D eigenvalue weighted by molar-refractivity contribution is -0.129. The molecule has 1 heterocycles. The van der Waals surface area contributed by atoms with E-state index < -0.39 is 0 Å². The monoisotopic (exact) mass is 285 g/mol. The predicted molar refractivity (Wildman–Crippen MR) is 84.1 cm³/mol. The van der Waals surface area contributed by atoms with Crippen molar-refractivity contribution in [2.45, 2.75) is 38.6 Å². The first-order valence-electron chi connectivity index (χ1n) is 7.59. The molecule has 1 atom stereocenters. The molecule has 1 aliphatic heterocycles. The van der Waals surface area contributed by atoms with Gasteiger partial charge in [-0.1, -0.05) is 18.2 Å². The van der Waals surface area contributed by atoms with E-state index in [1.807, 2.05) is 0 Å². The van der Waals surface area contributed by atoms with E-state index in [1.165, 1.54) is 11.3 Å². The van der Waals surface area contributed by atoms with Crippen molar-refractivity contribution in [1.82, 2.24) is 4.90 Å². The zero-order chi connectivity index (χ0) is 15.2. The van der Waals surface area contributed by atoms with Crippen LogP contribution in [0.2, 0.25) is 0 Å². The number of fused-ring (bicyclic) bond motifs is 1. The van der Waals surface area contributed by atoms with Gasteiger partial charge in [-0.2, -0.15) is 5.26 Å². The highest BCUT2D eigenvalue weighted by molar-refractivity contribution is 5.76. The van der Waals surface area contributed by atoms with Gasteiger partial charge in [0.25, 0.3) is 0 Å². The Hall–Kier alpha value is -2.02. The molecule has 112 valence electrons. The highest BCUT2D eigenvalue weighted by Gasteiger charge is 2.23. The minimum atomic E-state index is 0.112. The third-order valence-electron chi connectivity index (χ3n) is 4.22. The number of nitriles is 1. The number of aryl methyl sites for hydroxylation is 1. The third kappa shape index (κ3) is 3.75. The van der Waals surface area contributed by atoms with Crippen LogP contribution in [0.1, 0.15) is 31.7 Å². The van der Waals surface area contributed by atoms with Gasteiger partial charge < -0.3 is 9.80 Å². The van der Waals surface area contributed by atoms with E-state index in [1.54, 1.807) is 11.9 Å². The molecule has 0 bridgehead atoms. The van der Waals surface area contributed by atoms with Gasteiger partial charge in [0.2, 0.25) is 5.91 Å². The first kappa shape index (κ1) is 15.4. The number of benzene rings is 1. The number of para-hydroxylation sites is 1. The topological polar surface area (TPSA) is 47.3 Å². The SMILES string of the molecule is CC1CCc2ccccc2N1CCC(=O)N(C)CCC#N. The van der Waals surface area contributed by atoms with Crippen molar-refractivity contribution in [3.8, 4) is 6.07 Å². The second-order valence-electron chi connectivity index (χ2n) is 5.68. The molecule has 0 radical (unpaired) electrons. The summed E-state index contributed by atoms with van der Waals surface area (Å²) in [5, 5.41) is 8.58. The van der Waals surface area contributed by atoms with Gasteiger partial charge in [-0.25, -0.2) is 0 Å². The molecule has 0 aliphatic carbocycles. The van der Waals surface area contributed by atoms with Crippen LogP contribution in [-0.4, -0.2) is 37.0 Å². The fraction of sp³-hybridized carbons (Fsp3) is 0.529. The summed E-state index contributed by atoms with van der Waals surface area (Å²) in [6.07, 6.45) is 3.14. The molecular formula is C17H23N3O. The standard InChI is InChI=1S/C17H23N3O/c1-14-8-9-15-6-3-4-7-16(15)20(14)13-10-17(21)19(2)12-5-11-18/h3-4,6-7,14H,5,8-10,12-13H2,1-2H3. The van der Waals surface area contributed by atoms with E-state index in [4.69, 9.17) is 5.26 Å². The lowest BCUT2D eigenvalue weighted by Gasteiger charge is -2.37. The van der Waals surface area contributed by atoms with Crippen molar-refractivity contribution >= 4 is 11.6 Å². The fourth-order valence-corrected chi connectivity index (χ4v) is 2.85. The Morgan fingerprint density at radius 1 is 1.48 bits per heavy atom. The average Bonchev–Trinajstić information content (AvgIpc) is 2.51. The quantitative estimate of drug-likeness (QED) is 0.835. The summed E-state index contributed by atoms with van der Waals surface area (Å²) >= 11 is 0. The van der Waals surface area contributed by atoms with Gasteiger partial charge in [-0.15, -0.1) is 0 Å². The van der Waals surface area contributed by atoms with E-state index in [9.17, 15) is 4.79 Å². The van der Waals surface area contributed by atoms with Gasteiger partial charge in [0.15, 0.2) is 0 Å². The van der Waals surface area contributed by atoms with Crippen LogP contribution in [0.15, 0.2) is 24.3 Å². The highest BCUT2D eigenvalue weighted by atomic mass is 16.2. The minimum absolute atomic E-state index is 0.112. The van der Waals surface area contributed by atoms with Crippen molar-refractivity contribution in [3.63, 3.8) is 0 Å². The Kier molecular flexibility index (Phi) is 5.21. The Bertz CT molecular complexity index is 535. The van der Waals surface area contributed by atoms with Gasteiger partial charge in [-0.3, -0.25) is 4.79 Å². The molecule has 0 N–H and O–H groups in total. The van der Waals surface area contributed by atoms with Crippen molar-refractivity contribution < 1.29 is 4.79 Å². The zero-order valence-corrected chi connectivity index (χ0v) is 12.9. The lowest BCUT2D eigenvalue weighted by atomic mass is 9.96. The van der Waals surface area contributed by atoms with Crippen molar-refractivity contribution in [2.24, 2.45) is 0 Å². The molecule has 1 amide bonds. The van der Waals surface area contributed by atoms with Crippen LogP contribution < -0.4 is 4.90 Å². The number of amides is 1. The molecule has 1 unspecified atom stereocenters. The molecule has 4 heteroatoms. The minimum Gasteiger partial charge on any atom is -0.368 e. The van der Waals surface area contributed by atoms with Gasteiger partial charge in [0.1, 0.15) is 0 Å². The molecule has 0 saturated carbocycles. The number of carbonyl (C=O) groups is 1. The number of rotatable bonds is 5. The third-order valence-corrected chi connectivity index (χ3v) is 4.22. The van der Waals surface area contributed by atoms with Crippen LogP contribution in [-0.2, 0) is 11.2 Å². The van der Waals surface area contributed by atoms with Crippen LogP contribution >= 0.6 is 0 Å². The summed E-state index contributed by atoms with van der Waals surface area (Å²) in [4.78, 5) is 16.1. The maximum absolute atomic E-state index is 12.1. The summed E-state index contributed by atoms with van der Waals surface area (Å²) < 4.78 is 0. The summed E-state index contributed by atoms with van der Waals surface area (Å²) in [7, 11) is 1.77. The maximum atomic E-state index is 12.1. The largest absolute Gasteiger partial charge is 0.368 e. The van der Waals surface area contributed by atoms with Crippen LogP contribution in [0, 0.1) is 11.3 Å². The van der Waals surface area contributed by atoms with Crippen LogP contribution in [0.25, 0.3) is 0 Å². The molecular weight excluding hydrogens is 262 g/mol. The Morgan fingerprint density at radius 3 is 3.00 bits per heavy atom. The molecule has 1 aromatic rings.